The summed E-state index contributed by atoms with van der Waals surface area (Å²) >= 11 is 0. The molecule has 6 heteroatoms. The van der Waals surface area contributed by atoms with E-state index in [1.54, 1.807) is 31.4 Å². The zero-order valence-corrected chi connectivity index (χ0v) is 13.7. The summed E-state index contributed by atoms with van der Waals surface area (Å²) in [5, 5.41) is 13.7. The molecule has 0 amide bonds. The Balaban J connectivity index is 1.95. The first kappa shape index (κ1) is 16.4. The number of aromatic nitrogens is 3. The maximum atomic E-state index is 11.0. The van der Waals surface area contributed by atoms with Gasteiger partial charge < -0.3 is 9.84 Å². The van der Waals surface area contributed by atoms with Crippen LogP contribution in [-0.2, 0) is 11.2 Å². The van der Waals surface area contributed by atoms with E-state index in [1.165, 1.54) is 0 Å². The Bertz CT molecular complexity index is 734. The first-order valence-corrected chi connectivity index (χ1v) is 8.12. The van der Waals surface area contributed by atoms with Crippen LogP contribution in [0.2, 0.25) is 0 Å². The number of methoxy groups -OCH3 is 1. The normalized spacial score (nSPS) is 17.1. The Morgan fingerprint density at radius 2 is 2.12 bits per heavy atom. The Hall–Kier alpha value is -2.47. The molecule has 0 saturated carbocycles. The summed E-state index contributed by atoms with van der Waals surface area (Å²) in [5.74, 6) is 1.09. The molecule has 1 aromatic heterocycles. The molecule has 1 aromatic carbocycles. The summed E-state index contributed by atoms with van der Waals surface area (Å²) in [6.45, 7) is 0.575. The first-order chi connectivity index (χ1) is 11.7. The van der Waals surface area contributed by atoms with E-state index in [9.17, 15) is 4.79 Å². The zero-order valence-electron chi connectivity index (χ0n) is 13.7. The van der Waals surface area contributed by atoms with Crippen LogP contribution in [0.4, 0.5) is 0 Å². The van der Waals surface area contributed by atoms with Crippen LogP contribution in [0.1, 0.15) is 47.2 Å². The van der Waals surface area contributed by atoms with Gasteiger partial charge in [-0.1, -0.05) is 12.2 Å². The number of allylic oxidation sites excluding steroid dienone is 2. The van der Waals surface area contributed by atoms with Gasteiger partial charge in [0.05, 0.1) is 17.9 Å². The standard InChI is InChI=1S/C18H21N3O3/c1-24-12-11-16-19-17(13-5-3-2-4-6-13)21(20-16)15-9-7-14(8-10-15)18(22)23/h2-3,7-10,13H,4-6,11-12H2,1H3,(H,22,23)/t13-/m0/s1. The van der Waals surface area contributed by atoms with Crippen molar-refractivity contribution >= 4 is 5.97 Å². The predicted molar refractivity (Wildman–Crippen MR) is 89.6 cm³/mol. The molecule has 1 aliphatic carbocycles. The average molecular weight is 327 g/mol. The number of nitrogens with zero attached hydrogens (tertiary/aromatic N) is 3. The molecule has 0 fully saturated rings. The molecule has 3 rings (SSSR count). The Morgan fingerprint density at radius 3 is 2.75 bits per heavy atom. The van der Waals surface area contributed by atoms with Crippen molar-refractivity contribution in [2.24, 2.45) is 0 Å². The van der Waals surface area contributed by atoms with E-state index < -0.39 is 5.97 Å². The van der Waals surface area contributed by atoms with E-state index in [2.05, 4.69) is 17.3 Å². The third kappa shape index (κ3) is 3.54. The molecule has 1 atom stereocenters. The summed E-state index contributed by atoms with van der Waals surface area (Å²) in [6.07, 6.45) is 8.09. The summed E-state index contributed by atoms with van der Waals surface area (Å²) in [4.78, 5) is 15.8. The van der Waals surface area contributed by atoms with Crippen LogP contribution >= 0.6 is 0 Å². The minimum atomic E-state index is -0.932. The van der Waals surface area contributed by atoms with E-state index in [-0.39, 0.29) is 5.56 Å². The van der Waals surface area contributed by atoms with Crippen LogP contribution in [-0.4, -0.2) is 39.6 Å². The fourth-order valence-corrected chi connectivity index (χ4v) is 2.90. The fourth-order valence-electron chi connectivity index (χ4n) is 2.90. The number of carboxylic acids is 1. The minimum absolute atomic E-state index is 0.264. The van der Waals surface area contributed by atoms with E-state index in [0.29, 0.717) is 18.9 Å². The molecule has 6 nitrogen and oxygen atoms in total. The molecule has 24 heavy (non-hydrogen) atoms. The molecule has 1 aliphatic rings. The zero-order chi connectivity index (χ0) is 16.9. The van der Waals surface area contributed by atoms with E-state index in [4.69, 9.17) is 14.8 Å². The Morgan fingerprint density at radius 1 is 1.33 bits per heavy atom. The summed E-state index contributed by atoms with van der Waals surface area (Å²) in [6, 6.07) is 6.75. The molecule has 0 saturated heterocycles. The van der Waals surface area contributed by atoms with Crippen molar-refractivity contribution in [3.63, 3.8) is 0 Å². The number of hydrogen-bond donors (Lipinski definition) is 1. The minimum Gasteiger partial charge on any atom is -0.478 e. The maximum Gasteiger partial charge on any atom is 0.335 e. The highest BCUT2D eigenvalue weighted by atomic mass is 16.5. The molecule has 0 spiro atoms. The van der Waals surface area contributed by atoms with Gasteiger partial charge in [-0.15, -0.1) is 0 Å². The molecule has 0 bridgehead atoms. The number of rotatable bonds is 6. The van der Waals surface area contributed by atoms with Crippen LogP contribution in [0.3, 0.4) is 0 Å². The van der Waals surface area contributed by atoms with Crippen molar-refractivity contribution in [1.29, 1.82) is 0 Å². The van der Waals surface area contributed by atoms with E-state index in [1.807, 2.05) is 4.68 Å². The third-order valence-corrected chi connectivity index (χ3v) is 4.20. The molecule has 0 radical (unpaired) electrons. The number of benzene rings is 1. The van der Waals surface area contributed by atoms with Gasteiger partial charge in [0.2, 0.25) is 0 Å². The number of carboxylic acid groups (broad SMARTS) is 1. The monoisotopic (exact) mass is 327 g/mol. The Labute approximate surface area is 140 Å². The molecule has 126 valence electrons. The van der Waals surface area contributed by atoms with Crippen LogP contribution in [0.25, 0.3) is 5.69 Å². The highest BCUT2D eigenvalue weighted by Crippen LogP contribution is 2.29. The molecule has 1 N–H and O–H groups in total. The smallest absolute Gasteiger partial charge is 0.335 e. The number of hydrogen-bond acceptors (Lipinski definition) is 4. The van der Waals surface area contributed by atoms with Gasteiger partial charge in [0.15, 0.2) is 5.82 Å². The van der Waals surface area contributed by atoms with Crippen molar-refractivity contribution in [1.82, 2.24) is 14.8 Å². The summed E-state index contributed by atoms with van der Waals surface area (Å²) in [7, 11) is 1.66. The Kier molecular flexibility index (Phi) is 5.05. The molecule has 1 heterocycles. The topological polar surface area (TPSA) is 77.2 Å². The number of carbonyl (C=O) groups is 1. The van der Waals surface area contributed by atoms with Gasteiger partial charge in [-0.3, -0.25) is 0 Å². The van der Waals surface area contributed by atoms with E-state index >= 15 is 0 Å². The van der Waals surface area contributed by atoms with Gasteiger partial charge in [-0.05, 0) is 43.5 Å². The average Bonchev–Trinajstić information content (AvgIpc) is 3.05. The van der Waals surface area contributed by atoms with Crippen LogP contribution < -0.4 is 0 Å². The summed E-state index contributed by atoms with van der Waals surface area (Å²) < 4.78 is 6.97. The van der Waals surface area contributed by atoms with Gasteiger partial charge in [0.1, 0.15) is 5.82 Å². The van der Waals surface area contributed by atoms with Crippen molar-refractivity contribution in [2.75, 3.05) is 13.7 Å². The van der Waals surface area contributed by atoms with Crippen LogP contribution in [0, 0.1) is 0 Å². The fraction of sp³-hybridized carbons (Fsp3) is 0.389. The second-order valence-electron chi connectivity index (χ2n) is 5.87. The molecular formula is C18H21N3O3. The van der Waals surface area contributed by atoms with Gasteiger partial charge in [0.25, 0.3) is 0 Å². The quantitative estimate of drug-likeness (QED) is 0.825. The number of aromatic carboxylic acids is 1. The van der Waals surface area contributed by atoms with Gasteiger partial charge in [-0.2, -0.15) is 5.10 Å². The van der Waals surface area contributed by atoms with Crippen molar-refractivity contribution in [2.45, 2.75) is 31.6 Å². The van der Waals surface area contributed by atoms with Gasteiger partial charge in [-0.25, -0.2) is 14.5 Å². The lowest BCUT2D eigenvalue weighted by Gasteiger charge is -2.17. The molecule has 2 aromatic rings. The van der Waals surface area contributed by atoms with Crippen LogP contribution in [0.15, 0.2) is 36.4 Å². The highest BCUT2D eigenvalue weighted by Gasteiger charge is 2.21. The van der Waals surface area contributed by atoms with Crippen molar-refractivity contribution in [3.8, 4) is 5.69 Å². The second kappa shape index (κ2) is 7.40. The predicted octanol–water partition coefficient (Wildman–Crippen LogP) is 2.98. The third-order valence-electron chi connectivity index (χ3n) is 4.20. The lowest BCUT2D eigenvalue weighted by molar-refractivity contribution is 0.0697. The van der Waals surface area contributed by atoms with Gasteiger partial charge >= 0.3 is 5.97 Å². The molecular weight excluding hydrogens is 306 g/mol. The van der Waals surface area contributed by atoms with Crippen molar-refractivity contribution < 1.29 is 14.6 Å². The molecule has 0 aliphatic heterocycles. The summed E-state index contributed by atoms with van der Waals surface area (Å²) in [5.41, 5.74) is 1.10. The van der Waals surface area contributed by atoms with Crippen molar-refractivity contribution in [3.05, 3.63) is 53.6 Å². The molecule has 0 unspecified atom stereocenters. The second-order valence-corrected chi connectivity index (χ2v) is 5.87. The first-order valence-electron chi connectivity index (χ1n) is 8.12. The van der Waals surface area contributed by atoms with Crippen LogP contribution in [0.5, 0.6) is 0 Å². The lowest BCUT2D eigenvalue weighted by atomic mass is 9.93. The largest absolute Gasteiger partial charge is 0.478 e. The number of ether oxygens (including phenoxy) is 1. The highest BCUT2D eigenvalue weighted by molar-refractivity contribution is 5.87. The lowest BCUT2D eigenvalue weighted by Crippen LogP contribution is -2.10. The van der Waals surface area contributed by atoms with E-state index in [0.717, 1.165) is 36.6 Å². The van der Waals surface area contributed by atoms with Gasteiger partial charge in [0, 0.05) is 19.4 Å². The maximum absolute atomic E-state index is 11.0. The SMILES string of the molecule is COCCc1nc([C@H]2CC=CCC2)n(-c2ccc(C(=O)O)cc2)n1.